The minimum absolute atomic E-state index is 0.294. The van der Waals surface area contributed by atoms with E-state index in [1.807, 2.05) is 6.92 Å². The summed E-state index contributed by atoms with van der Waals surface area (Å²) in [4.78, 5) is 27.8. The zero-order valence-electron chi connectivity index (χ0n) is 12.7. The van der Waals surface area contributed by atoms with Gasteiger partial charge in [0.25, 0.3) is 5.91 Å². The monoisotopic (exact) mass is 344 g/mol. The Morgan fingerprint density at radius 2 is 2.08 bits per heavy atom. The first-order chi connectivity index (χ1) is 11.5. The molecule has 122 valence electrons. The number of carbonyl (C=O) groups excluding carboxylic acids is 2. The molecule has 0 atom stereocenters. The predicted octanol–water partition coefficient (Wildman–Crippen LogP) is 3.59. The van der Waals surface area contributed by atoms with Gasteiger partial charge in [0.05, 0.1) is 5.56 Å². The highest BCUT2D eigenvalue weighted by Crippen LogP contribution is 2.20. The SMILES string of the molecule is Cc1ccc(NC(=O)COC(=O)c2ccc3ocnc3c2)cc1Cl. The summed E-state index contributed by atoms with van der Waals surface area (Å²) in [6, 6.07) is 9.85. The highest BCUT2D eigenvalue weighted by atomic mass is 35.5. The molecule has 3 aromatic rings. The number of halogens is 1. The highest BCUT2D eigenvalue weighted by Gasteiger charge is 2.12. The summed E-state index contributed by atoms with van der Waals surface area (Å²) in [6.07, 6.45) is 1.29. The summed E-state index contributed by atoms with van der Waals surface area (Å²) < 4.78 is 10.1. The van der Waals surface area contributed by atoms with Gasteiger partial charge >= 0.3 is 5.97 Å². The van der Waals surface area contributed by atoms with Crippen LogP contribution in [0.3, 0.4) is 0 Å². The molecule has 0 unspecified atom stereocenters. The minimum atomic E-state index is -0.614. The molecular formula is C17H13ClN2O4. The Balaban J connectivity index is 1.58. The third kappa shape index (κ3) is 3.55. The van der Waals surface area contributed by atoms with Gasteiger partial charge < -0.3 is 14.5 Å². The average molecular weight is 345 g/mol. The van der Waals surface area contributed by atoms with Crippen LogP contribution in [0, 0.1) is 6.92 Å². The summed E-state index contributed by atoms with van der Waals surface area (Å²) >= 11 is 5.99. The second-order valence-electron chi connectivity index (χ2n) is 5.12. The maximum atomic E-state index is 12.0. The van der Waals surface area contributed by atoms with Crippen molar-refractivity contribution in [3.05, 3.63) is 58.9 Å². The lowest BCUT2D eigenvalue weighted by Gasteiger charge is -2.08. The van der Waals surface area contributed by atoms with Crippen LogP contribution in [-0.4, -0.2) is 23.5 Å². The zero-order chi connectivity index (χ0) is 17.1. The first-order valence-electron chi connectivity index (χ1n) is 7.09. The molecule has 1 N–H and O–H groups in total. The number of aryl methyl sites for hydroxylation is 1. The van der Waals surface area contributed by atoms with Crippen molar-refractivity contribution in [1.29, 1.82) is 0 Å². The lowest BCUT2D eigenvalue weighted by molar-refractivity contribution is -0.119. The Bertz CT molecular complexity index is 920. The molecule has 0 saturated carbocycles. The quantitative estimate of drug-likeness (QED) is 0.731. The fraction of sp³-hybridized carbons (Fsp3) is 0.118. The van der Waals surface area contributed by atoms with Crippen LogP contribution in [0.25, 0.3) is 11.1 Å². The smallest absolute Gasteiger partial charge is 0.338 e. The van der Waals surface area contributed by atoms with Crippen LogP contribution in [0.1, 0.15) is 15.9 Å². The molecule has 0 bridgehead atoms. The molecule has 1 aromatic heterocycles. The van der Waals surface area contributed by atoms with Crippen LogP contribution < -0.4 is 5.32 Å². The van der Waals surface area contributed by atoms with Crippen LogP contribution in [0.15, 0.2) is 47.2 Å². The van der Waals surface area contributed by atoms with Crippen LogP contribution in [-0.2, 0) is 9.53 Å². The molecule has 0 aliphatic carbocycles. The van der Waals surface area contributed by atoms with E-state index >= 15 is 0 Å². The molecule has 0 aliphatic heterocycles. The summed E-state index contributed by atoms with van der Waals surface area (Å²) in [6.45, 7) is 1.46. The fourth-order valence-corrected chi connectivity index (χ4v) is 2.25. The van der Waals surface area contributed by atoms with Gasteiger partial charge in [0.2, 0.25) is 0 Å². The molecule has 0 saturated heterocycles. The van der Waals surface area contributed by atoms with Gasteiger partial charge in [-0.3, -0.25) is 4.79 Å². The van der Waals surface area contributed by atoms with Crippen molar-refractivity contribution in [2.45, 2.75) is 6.92 Å². The summed E-state index contributed by atoms with van der Waals surface area (Å²) in [7, 11) is 0. The number of ether oxygens (including phenoxy) is 1. The maximum absolute atomic E-state index is 12.0. The molecule has 24 heavy (non-hydrogen) atoms. The van der Waals surface area contributed by atoms with E-state index in [1.54, 1.807) is 36.4 Å². The minimum Gasteiger partial charge on any atom is -0.452 e. The van der Waals surface area contributed by atoms with Crippen molar-refractivity contribution >= 4 is 40.3 Å². The van der Waals surface area contributed by atoms with Crippen LogP contribution in [0.2, 0.25) is 5.02 Å². The van der Waals surface area contributed by atoms with E-state index in [2.05, 4.69) is 10.3 Å². The highest BCUT2D eigenvalue weighted by molar-refractivity contribution is 6.31. The largest absolute Gasteiger partial charge is 0.452 e. The van der Waals surface area contributed by atoms with Crippen LogP contribution in [0.4, 0.5) is 5.69 Å². The van der Waals surface area contributed by atoms with Gasteiger partial charge in [0.15, 0.2) is 18.6 Å². The number of rotatable bonds is 4. The molecule has 0 spiro atoms. The molecular weight excluding hydrogens is 332 g/mol. The average Bonchev–Trinajstić information content (AvgIpc) is 3.03. The Labute approximate surface area is 142 Å². The molecule has 0 aliphatic rings. The van der Waals surface area contributed by atoms with E-state index < -0.39 is 18.5 Å². The molecule has 7 heteroatoms. The maximum Gasteiger partial charge on any atom is 0.338 e. The van der Waals surface area contributed by atoms with E-state index in [0.717, 1.165) is 5.56 Å². The standard InChI is InChI=1S/C17H13ClN2O4/c1-10-2-4-12(7-13(10)18)20-16(21)8-23-17(22)11-3-5-15-14(6-11)19-9-24-15/h2-7,9H,8H2,1H3,(H,20,21). The lowest BCUT2D eigenvalue weighted by atomic mass is 10.2. The van der Waals surface area contributed by atoms with Gasteiger partial charge in [-0.2, -0.15) is 0 Å². The van der Waals surface area contributed by atoms with Crippen molar-refractivity contribution in [2.75, 3.05) is 11.9 Å². The Morgan fingerprint density at radius 1 is 1.25 bits per heavy atom. The van der Waals surface area contributed by atoms with Crippen molar-refractivity contribution in [2.24, 2.45) is 0 Å². The van der Waals surface area contributed by atoms with Crippen LogP contribution in [0.5, 0.6) is 0 Å². The number of hydrogen-bond acceptors (Lipinski definition) is 5. The van der Waals surface area contributed by atoms with Gasteiger partial charge in [-0.1, -0.05) is 17.7 Å². The predicted molar refractivity (Wildman–Crippen MR) is 89.1 cm³/mol. The molecule has 0 fully saturated rings. The van der Waals surface area contributed by atoms with Gasteiger partial charge in [-0.25, -0.2) is 9.78 Å². The summed E-state index contributed by atoms with van der Waals surface area (Å²) in [5.74, 6) is -1.07. The van der Waals surface area contributed by atoms with Gasteiger partial charge in [0, 0.05) is 10.7 Å². The molecule has 1 heterocycles. The Hall–Kier alpha value is -2.86. The molecule has 1 amide bonds. The van der Waals surface area contributed by atoms with E-state index in [4.69, 9.17) is 20.8 Å². The number of fused-ring (bicyclic) bond motifs is 1. The summed E-state index contributed by atoms with van der Waals surface area (Å²) in [5.41, 5.74) is 2.85. The number of amides is 1. The van der Waals surface area contributed by atoms with Gasteiger partial charge in [0.1, 0.15) is 5.52 Å². The molecule has 6 nitrogen and oxygen atoms in total. The van der Waals surface area contributed by atoms with E-state index in [0.29, 0.717) is 27.4 Å². The number of nitrogens with zero attached hydrogens (tertiary/aromatic N) is 1. The molecule has 0 radical (unpaired) electrons. The van der Waals surface area contributed by atoms with Crippen molar-refractivity contribution < 1.29 is 18.7 Å². The third-order valence-electron chi connectivity index (χ3n) is 3.36. The van der Waals surface area contributed by atoms with Gasteiger partial charge in [-0.15, -0.1) is 0 Å². The van der Waals surface area contributed by atoms with Crippen molar-refractivity contribution in [3.63, 3.8) is 0 Å². The number of oxazole rings is 1. The number of hydrogen-bond donors (Lipinski definition) is 1. The number of anilines is 1. The van der Waals surface area contributed by atoms with Crippen LogP contribution >= 0.6 is 11.6 Å². The fourth-order valence-electron chi connectivity index (χ4n) is 2.07. The number of nitrogens with one attached hydrogen (secondary N) is 1. The topological polar surface area (TPSA) is 81.4 Å². The lowest BCUT2D eigenvalue weighted by Crippen LogP contribution is -2.20. The molecule has 3 rings (SSSR count). The van der Waals surface area contributed by atoms with Gasteiger partial charge in [-0.05, 0) is 42.8 Å². The zero-order valence-corrected chi connectivity index (χ0v) is 13.5. The van der Waals surface area contributed by atoms with Crippen molar-refractivity contribution in [1.82, 2.24) is 4.98 Å². The van der Waals surface area contributed by atoms with Crippen molar-refractivity contribution in [3.8, 4) is 0 Å². The number of benzene rings is 2. The Morgan fingerprint density at radius 3 is 2.88 bits per heavy atom. The molecule has 2 aromatic carbocycles. The first-order valence-corrected chi connectivity index (χ1v) is 7.47. The second-order valence-corrected chi connectivity index (χ2v) is 5.53. The number of esters is 1. The number of aromatic nitrogens is 1. The summed E-state index contributed by atoms with van der Waals surface area (Å²) in [5, 5.41) is 3.16. The van der Waals surface area contributed by atoms with E-state index in [9.17, 15) is 9.59 Å². The van der Waals surface area contributed by atoms with E-state index in [1.165, 1.54) is 6.39 Å². The van der Waals surface area contributed by atoms with E-state index in [-0.39, 0.29) is 0 Å². The third-order valence-corrected chi connectivity index (χ3v) is 3.76. The first kappa shape index (κ1) is 16.0. The number of carbonyl (C=O) groups is 2. The Kier molecular flexibility index (Phi) is 4.48. The second kappa shape index (κ2) is 6.72. The normalized spacial score (nSPS) is 10.6.